The molecule has 1 amide bonds. The third kappa shape index (κ3) is 2.77. The number of hydrogen-bond acceptors (Lipinski definition) is 4. The van der Waals surface area contributed by atoms with Crippen LogP contribution in [0.1, 0.15) is 32.1 Å². The van der Waals surface area contributed by atoms with E-state index in [1.807, 2.05) is 0 Å². The van der Waals surface area contributed by atoms with Crippen LogP contribution in [0.15, 0.2) is 15.9 Å². The topological polar surface area (TPSA) is 90.9 Å². The number of carbonyl (C=O) groups excluding carboxylic acids is 1. The normalized spacial score (nSPS) is 24.5. The van der Waals surface area contributed by atoms with Gasteiger partial charge in [0.2, 0.25) is 5.91 Å². The predicted molar refractivity (Wildman–Crippen MR) is 96.8 cm³/mol. The molecule has 26 heavy (non-hydrogen) atoms. The van der Waals surface area contributed by atoms with Crippen molar-refractivity contribution >= 4 is 17.1 Å². The molecule has 2 bridgehead atoms. The molecule has 2 aromatic heterocycles. The molecule has 3 unspecified atom stereocenters. The number of imidazole rings is 1. The van der Waals surface area contributed by atoms with Gasteiger partial charge in [-0.15, -0.1) is 0 Å². The Balaban J connectivity index is 1.43. The van der Waals surface area contributed by atoms with Crippen LogP contribution in [0.5, 0.6) is 0 Å². The maximum Gasteiger partial charge on any atom is 0.332 e. The summed E-state index contributed by atoms with van der Waals surface area (Å²) in [5, 5.41) is 2.88. The summed E-state index contributed by atoms with van der Waals surface area (Å²) in [5.74, 6) is 2.15. The molecule has 4 rings (SSSR count). The summed E-state index contributed by atoms with van der Waals surface area (Å²) in [7, 11) is 3.25. The van der Waals surface area contributed by atoms with E-state index in [4.69, 9.17) is 0 Å². The van der Waals surface area contributed by atoms with Crippen molar-refractivity contribution in [2.45, 2.75) is 38.6 Å². The maximum absolute atomic E-state index is 12.6. The van der Waals surface area contributed by atoms with E-state index in [0.717, 1.165) is 28.7 Å². The van der Waals surface area contributed by atoms with Gasteiger partial charge in [0.05, 0.1) is 6.33 Å². The average Bonchev–Trinajstić information content (AvgIpc) is 3.32. The quantitative estimate of drug-likeness (QED) is 0.835. The number of rotatable bonds is 5. The van der Waals surface area contributed by atoms with Gasteiger partial charge in [0, 0.05) is 20.6 Å². The monoisotopic (exact) mass is 359 g/mol. The third-order valence-corrected chi connectivity index (χ3v) is 6.22. The van der Waals surface area contributed by atoms with Gasteiger partial charge in [-0.2, -0.15) is 0 Å². The fraction of sp³-hybridized carbons (Fsp3) is 0.667. The Morgan fingerprint density at radius 2 is 2.08 bits per heavy atom. The zero-order valence-corrected chi connectivity index (χ0v) is 15.3. The van der Waals surface area contributed by atoms with Crippen molar-refractivity contribution in [1.29, 1.82) is 0 Å². The first kappa shape index (κ1) is 17.1. The van der Waals surface area contributed by atoms with Crippen molar-refractivity contribution in [3.05, 3.63) is 27.2 Å². The molecule has 0 saturated heterocycles. The molecule has 3 atom stereocenters. The van der Waals surface area contributed by atoms with Gasteiger partial charge >= 0.3 is 5.69 Å². The fourth-order valence-electron chi connectivity index (χ4n) is 4.86. The molecule has 8 heteroatoms. The van der Waals surface area contributed by atoms with Crippen molar-refractivity contribution < 1.29 is 4.79 Å². The summed E-state index contributed by atoms with van der Waals surface area (Å²) in [6.07, 6.45) is 7.83. The van der Waals surface area contributed by atoms with Crippen molar-refractivity contribution in [2.75, 3.05) is 6.54 Å². The first-order valence-electron chi connectivity index (χ1n) is 9.33. The van der Waals surface area contributed by atoms with E-state index in [1.165, 1.54) is 36.6 Å². The molecular weight excluding hydrogens is 334 g/mol. The molecule has 140 valence electrons. The van der Waals surface area contributed by atoms with Crippen LogP contribution in [0, 0.1) is 17.8 Å². The summed E-state index contributed by atoms with van der Waals surface area (Å²) in [5.41, 5.74) is -0.354. The zero-order chi connectivity index (χ0) is 18.4. The Hall–Kier alpha value is -2.38. The number of carbonyl (C=O) groups is 1. The number of aryl methyl sites for hydroxylation is 2. The Morgan fingerprint density at radius 3 is 2.77 bits per heavy atom. The predicted octanol–water partition coefficient (Wildman–Crippen LogP) is 0.376. The molecule has 0 aromatic carbocycles. The highest BCUT2D eigenvalue weighted by atomic mass is 16.2. The largest absolute Gasteiger partial charge is 0.355 e. The van der Waals surface area contributed by atoms with Crippen molar-refractivity contribution in [2.24, 2.45) is 31.8 Å². The van der Waals surface area contributed by atoms with Crippen LogP contribution < -0.4 is 16.6 Å². The van der Waals surface area contributed by atoms with Crippen LogP contribution in [0.2, 0.25) is 0 Å². The van der Waals surface area contributed by atoms with Gasteiger partial charge in [0.15, 0.2) is 11.2 Å². The molecule has 2 aliphatic rings. The SMILES string of the molecule is Cn1cnc2c1c(=O)n(CC(=O)NCCC1CC3CCC1C3)c(=O)n2C. The highest BCUT2D eigenvalue weighted by Gasteiger charge is 2.38. The van der Waals surface area contributed by atoms with E-state index in [-0.39, 0.29) is 12.5 Å². The van der Waals surface area contributed by atoms with Gasteiger partial charge in [-0.25, -0.2) is 14.3 Å². The summed E-state index contributed by atoms with van der Waals surface area (Å²) < 4.78 is 3.86. The molecule has 0 radical (unpaired) electrons. The van der Waals surface area contributed by atoms with Crippen molar-refractivity contribution in [3.63, 3.8) is 0 Å². The minimum atomic E-state index is -0.524. The molecule has 2 heterocycles. The number of aromatic nitrogens is 4. The van der Waals surface area contributed by atoms with Gasteiger partial charge in [-0.3, -0.25) is 14.2 Å². The fourth-order valence-corrected chi connectivity index (χ4v) is 4.86. The Kier molecular flexibility index (Phi) is 4.20. The van der Waals surface area contributed by atoms with Crippen LogP contribution in [0.25, 0.3) is 11.2 Å². The third-order valence-electron chi connectivity index (χ3n) is 6.22. The molecule has 8 nitrogen and oxygen atoms in total. The standard InChI is InChI=1S/C18H25N5O3/c1-21-10-20-16-15(21)17(25)23(18(26)22(16)2)9-14(24)19-6-5-13-8-11-3-4-12(13)7-11/h10-13H,3-9H2,1-2H3,(H,19,24). The molecule has 2 saturated carbocycles. The van der Waals surface area contributed by atoms with Crippen LogP contribution in [-0.2, 0) is 25.4 Å². The molecule has 2 fully saturated rings. The minimum absolute atomic E-state index is 0.261. The molecule has 2 aromatic rings. The number of nitrogens with one attached hydrogen (secondary N) is 1. The average molecular weight is 359 g/mol. The van der Waals surface area contributed by atoms with Crippen LogP contribution in [-0.4, -0.2) is 31.1 Å². The van der Waals surface area contributed by atoms with Crippen molar-refractivity contribution in [1.82, 2.24) is 24.0 Å². The van der Waals surface area contributed by atoms with E-state index in [2.05, 4.69) is 10.3 Å². The second kappa shape index (κ2) is 6.41. The lowest BCUT2D eigenvalue weighted by Gasteiger charge is -2.21. The lowest BCUT2D eigenvalue weighted by Crippen LogP contribution is -2.43. The lowest BCUT2D eigenvalue weighted by atomic mass is 9.86. The number of hydrogen-bond donors (Lipinski definition) is 1. The molecule has 0 spiro atoms. The summed E-state index contributed by atoms with van der Waals surface area (Å²) in [6, 6.07) is 0. The second-order valence-electron chi connectivity index (χ2n) is 7.83. The first-order chi connectivity index (χ1) is 12.5. The van der Waals surface area contributed by atoms with Crippen LogP contribution in [0.3, 0.4) is 0 Å². The molecule has 2 aliphatic carbocycles. The Labute approximate surface area is 150 Å². The maximum atomic E-state index is 12.6. The number of fused-ring (bicyclic) bond motifs is 3. The van der Waals surface area contributed by atoms with Gasteiger partial charge in [-0.1, -0.05) is 6.42 Å². The van der Waals surface area contributed by atoms with E-state index in [1.54, 1.807) is 18.7 Å². The summed E-state index contributed by atoms with van der Waals surface area (Å²) in [4.78, 5) is 41.4. The van der Waals surface area contributed by atoms with Gasteiger partial charge in [0.25, 0.3) is 5.56 Å². The lowest BCUT2D eigenvalue weighted by molar-refractivity contribution is -0.121. The number of amides is 1. The van der Waals surface area contributed by atoms with E-state index in [9.17, 15) is 14.4 Å². The van der Waals surface area contributed by atoms with E-state index >= 15 is 0 Å². The van der Waals surface area contributed by atoms with E-state index in [0.29, 0.717) is 17.7 Å². The van der Waals surface area contributed by atoms with Gasteiger partial charge < -0.3 is 9.88 Å². The molecule has 1 N–H and O–H groups in total. The first-order valence-corrected chi connectivity index (χ1v) is 9.33. The Morgan fingerprint density at radius 1 is 1.27 bits per heavy atom. The summed E-state index contributed by atoms with van der Waals surface area (Å²) >= 11 is 0. The summed E-state index contributed by atoms with van der Waals surface area (Å²) in [6.45, 7) is 0.346. The van der Waals surface area contributed by atoms with Crippen LogP contribution in [0.4, 0.5) is 0 Å². The number of nitrogens with zero attached hydrogens (tertiary/aromatic N) is 4. The zero-order valence-electron chi connectivity index (χ0n) is 15.3. The second-order valence-corrected chi connectivity index (χ2v) is 7.83. The van der Waals surface area contributed by atoms with Gasteiger partial charge in [-0.05, 0) is 43.4 Å². The smallest absolute Gasteiger partial charge is 0.332 e. The highest BCUT2D eigenvalue weighted by molar-refractivity contribution is 5.76. The van der Waals surface area contributed by atoms with Crippen molar-refractivity contribution in [3.8, 4) is 0 Å². The molecule has 0 aliphatic heterocycles. The molecular formula is C18H25N5O3. The van der Waals surface area contributed by atoms with E-state index < -0.39 is 11.2 Å². The van der Waals surface area contributed by atoms with Gasteiger partial charge in [0.1, 0.15) is 6.54 Å². The minimum Gasteiger partial charge on any atom is -0.355 e. The highest BCUT2D eigenvalue weighted by Crippen LogP contribution is 2.49. The Bertz CT molecular complexity index is 970. The van der Waals surface area contributed by atoms with Crippen LogP contribution >= 0.6 is 0 Å².